The van der Waals surface area contributed by atoms with Gasteiger partial charge < -0.3 is 15.6 Å². The zero-order valence-electron chi connectivity index (χ0n) is 10.6. The van der Waals surface area contributed by atoms with Crippen molar-refractivity contribution in [1.29, 1.82) is 0 Å². The number of rotatable bonds is 3. The summed E-state index contributed by atoms with van der Waals surface area (Å²) in [4.78, 5) is 26.4. The number of aromatic amines is 1. The summed E-state index contributed by atoms with van der Waals surface area (Å²) in [5, 5.41) is 6.16. The monoisotopic (exact) mass is 249 g/mol. The summed E-state index contributed by atoms with van der Waals surface area (Å²) in [6.45, 7) is 3.37. The Morgan fingerprint density at radius 3 is 3.00 bits per heavy atom. The number of aryl methyl sites for hydroxylation is 1. The van der Waals surface area contributed by atoms with Crippen molar-refractivity contribution < 1.29 is 4.79 Å². The van der Waals surface area contributed by atoms with Crippen molar-refractivity contribution in [3.63, 3.8) is 0 Å². The van der Waals surface area contributed by atoms with E-state index in [2.05, 4.69) is 15.6 Å². The van der Waals surface area contributed by atoms with E-state index in [0.717, 1.165) is 18.7 Å². The third kappa shape index (κ3) is 3.20. The molecule has 2 heterocycles. The van der Waals surface area contributed by atoms with Crippen molar-refractivity contribution in [3.8, 4) is 0 Å². The fourth-order valence-electron chi connectivity index (χ4n) is 2.16. The van der Waals surface area contributed by atoms with Crippen LogP contribution in [0.2, 0.25) is 0 Å². The third-order valence-corrected chi connectivity index (χ3v) is 3.22. The first-order valence-corrected chi connectivity index (χ1v) is 6.38. The van der Waals surface area contributed by atoms with E-state index in [0.29, 0.717) is 12.6 Å². The molecule has 1 unspecified atom stereocenters. The minimum Gasteiger partial charge on any atom is -0.364 e. The SMILES string of the molecule is Cc1cc(=O)c(C(=O)NCC2CCCCN2)c[nH]1. The average molecular weight is 249 g/mol. The second-order valence-corrected chi connectivity index (χ2v) is 4.75. The van der Waals surface area contributed by atoms with Gasteiger partial charge >= 0.3 is 0 Å². The lowest BCUT2D eigenvalue weighted by Gasteiger charge is -2.23. The van der Waals surface area contributed by atoms with E-state index in [1.54, 1.807) is 6.92 Å². The van der Waals surface area contributed by atoms with Crippen molar-refractivity contribution in [2.75, 3.05) is 13.1 Å². The van der Waals surface area contributed by atoms with E-state index < -0.39 is 0 Å². The molecule has 1 fully saturated rings. The summed E-state index contributed by atoms with van der Waals surface area (Å²) in [5.41, 5.74) is 0.697. The number of hydrogen-bond acceptors (Lipinski definition) is 3. The lowest BCUT2D eigenvalue weighted by molar-refractivity contribution is 0.0946. The number of carbonyl (C=O) groups is 1. The van der Waals surface area contributed by atoms with Crippen LogP contribution in [0.3, 0.4) is 0 Å². The van der Waals surface area contributed by atoms with Gasteiger partial charge in [0, 0.05) is 30.5 Å². The first-order valence-electron chi connectivity index (χ1n) is 6.38. The standard InChI is InChI=1S/C13H19N3O2/c1-9-6-12(17)11(8-15-9)13(18)16-7-10-4-2-3-5-14-10/h6,8,10,14H,2-5,7H2,1H3,(H,15,17)(H,16,18). The number of piperidine rings is 1. The zero-order valence-corrected chi connectivity index (χ0v) is 10.6. The van der Waals surface area contributed by atoms with Crippen molar-refractivity contribution in [3.05, 3.63) is 33.7 Å². The van der Waals surface area contributed by atoms with Gasteiger partial charge in [-0.3, -0.25) is 9.59 Å². The highest BCUT2D eigenvalue weighted by molar-refractivity contribution is 5.93. The lowest BCUT2D eigenvalue weighted by Crippen LogP contribution is -2.44. The Labute approximate surface area is 106 Å². The second-order valence-electron chi connectivity index (χ2n) is 4.75. The quantitative estimate of drug-likeness (QED) is 0.732. The summed E-state index contributed by atoms with van der Waals surface area (Å²) in [5.74, 6) is -0.302. The normalized spacial score (nSPS) is 19.5. The van der Waals surface area contributed by atoms with Gasteiger partial charge in [0.15, 0.2) is 5.43 Å². The molecule has 0 radical (unpaired) electrons. The topological polar surface area (TPSA) is 74.0 Å². The van der Waals surface area contributed by atoms with E-state index in [1.165, 1.54) is 25.1 Å². The van der Waals surface area contributed by atoms with E-state index in [-0.39, 0.29) is 16.9 Å². The molecule has 1 aliphatic heterocycles. The Morgan fingerprint density at radius 1 is 1.50 bits per heavy atom. The fraction of sp³-hybridized carbons (Fsp3) is 0.538. The average Bonchev–Trinajstić information content (AvgIpc) is 2.37. The zero-order chi connectivity index (χ0) is 13.0. The van der Waals surface area contributed by atoms with Crippen LogP contribution in [0.25, 0.3) is 0 Å². The summed E-state index contributed by atoms with van der Waals surface area (Å²) in [6, 6.07) is 1.76. The first kappa shape index (κ1) is 12.8. The van der Waals surface area contributed by atoms with Gasteiger partial charge in [-0.15, -0.1) is 0 Å². The van der Waals surface area contributed by atoms with E-state index >= 15 is 0 Å². The lowest BCUT2D eigenvalue weighted by atomic mass is 10.1. The summed E-state index contributed by atoms with van der Waals surface area (Å²) < 4.78 is 0. The Hall–Kier alpha value is -1.62. The van der Waals surface area contributed by atoms with Gasteiger partial charge in [-0.05, 0) is 26.3 Å². The Morgan fingerprint density at radius 2 is 2.33 bits per heavy atom. The van der Waals surface area contributed by atoms with Gasteiger partial charge in [0.2, 0.25) is 0 Å². The Balaban J connectivity index is 1.93. The van der Waals surface area contributed by atoms with Gasteiger partial charge in [-0.25, -0.2) is 0 Å². The highest BCUT2D eigenvalue weighted by Crippen LogP contribution is 2.05. The van der Waals surface area contributed by atoms with E-state index in [4.69, 9.17) is 0 Å². The van der Waals surface area contributed by atoms with Crippen LogP contribution in [-0.4, -0.2) is 30.0 Å². The van der Waals surface area contributed by atoms with E-state index in [1.807, 2.05) is 0 Å². The van der Waals surface area contributed by atoms with Crippen LogP contribution in [0.1, 0.15) is 35.3 Å². The highest BCUT2D eigenvalue weighted by atomic mass is 16.2. The molecule has 1 aromatic rings. The number of carbonyl (C=O) groups excluding carboxylic acids is 1. The van der Waals surface area contributed by atoms with Crippen LogP contribution in [0, 0.1) is 6.92 Å². The maximum atomic E-state index is 11.9. The number of pyridine rings is 1. The molecule has 0 bridgehead atoms. The molecule has 18 heavy (non-hydrogen) atoms. The Bertz CT molecular complexity index is 475. The van der Waals surface area contributed by atoms with Crippen molar-refractivity contribution in [1.82, 2.24) is 15.6 Å². The minimum absolute atomic E-state index is 0.177. The molecule has 0 spiro atoms. The number of hydrogen-bond donors (Lipinski definition) is 3. The molecule has 1 saturated heterocycles. The molecular weight excluding hydrogens is 230 g/mol. The summed E-state index contributed by atoms with van der Waals surface area (Å²) >= 11 is 0. The molecule has 1 amide bonds. The van der Waals surface area contributed by atoms with Crippen LogP contribution in [-0.2, 0) is 0 Å². The highest BCUT2D eigenvalue weighted by Gasteiger charge is 2.15. The molecular formula is C13H19N3O2. The molecule has 5 heteroatoms. The van der Waals surface area contributed by atoms with Gasteiger partial charge in [-0.2, -0.15) is 0 Å². The predicted molar refractivity (Wildman–Crippen MR) is 69.8 cm³/mol. The molecule has 0 saturated carbocycles. The molecule has 1 aliphatic rings. The predicted octanol–water partition coefficient (Wildman–Crippen LogP) is 0.555. The number of aromatic nitrogens is 1. The molecule has 2 rings (SSSR count). The van der Waals surface area contributed by atoms with Crippen LogP contribution >= 0.6 is 0 Å². The van der Waals surface area contributed by atoms with Gasteiger partial charge in [0.05, 0.1) is 0 Å². The van der Waals surface area contributed by atoms with Crippen molar-refractivity contribution in [2.24, 2.45) is 0 Å². The fourth-order valence-corrected chi connectivity index (χ4v) is 2.16. The number of amides is 1. The van der Waals surface area contributed by atoms with Crippen LogP contribution in [0.5, 0.6) is 0 Å². The van der Waals surface area contributed by atoms with Crippen molar-refractivity contribution >= 4 is 5.91 Å². The minimum atomic E-state index is -0.302. The molecule has 1 aromatic heterocycles. The molecule has 1 atom stereocenters. The molecule has 0 aromatic carbocycles. The van der Waals surface area contributed by atoms with Gasteiger partial charge in [0.1, 0.15) is 5.56 Å². The van der Waals surface area contributed by atoms with Crippen LogP contribution in [0.15, 0.2) is 17.1 Å². The van der Waals surface area contributed by atoms with E-state index in [9.17, 15) is 9.59 Å². The number of nitrogens with one attached hydrogen (secondary N) is 3. The summed E-state index contributed by atoms with van der Waals surface area (Å²) in [7, 11) is 0. The van der Waals surface area contributed by atoms with Crippen molar-refractivity contribution in [2.45, 2.75) is 32.2 Å². The summed E-state index contributed by atoms with van der Waals surface area (Å²) in [6.07, 6.45) is 4.94. The first-order chi connectivity index (χ1) is 8.66. The molecule has 3 N–H and O–H groups in total. The Kier molecular flexibility index (Phi) is 4.15. The smallest absolute Gasteiger partial charge is 0.256 e. The van der Waals surface area contributed by atoms with Gasteiger partial charge in [0.25, 0.3) is 5.91 Å². The second kappa shape index (κ2) is 5.82. The number of H-pyrrole nitrogens is 1. The van der Waals surface area contributed by atoms with Crippen LogP contribution in [0.4, 0.5) is 0 Å². The van der Waals surface area contributed by atoms with Gasteiger partial charge in [-0.1, -0.05) is 6.42 Å². The molecule has 5 nitrogen and oxygen atoms in total. The third-order valence-electron chi connectivity index (χ3n) is 3.22. The maximum absolute atomic E-state index is 11.9. The maximum Gasteiger partial charge on any atom is 0.256 e. The largest absolute Gasteiger partial charge is 0.364 e. The molecule has 98 valence electrons. The molecule has 0 aliphatic carbocycles. The van der Waals surface area contributed by atoms with Crippen LogP contribution < -0.4 is 16.1 Å².